The smallest absolute Gasteiger partial charge is 0.412 e. The number of hydrogen-bond acceptors (Lipinski definition) is 4. The molecule has 0 saturated carbocycles. The molecule has 1 aliphatic heterocycles. The first kappa shape index (κ1) is 18.0. The third-order valence-corrected chi connectivity index (χ3v) is 3.53. The standard InChI is InChI=1S/C16H29NO4/c1-7-8-12(10-18)9-13-11-20-16(5,6)17(13)14(19)21-15(2,3)4/h7,12-13,18H,1,8-11H2,2-6H3/t12-,13+/m1/s1. The van der Waals surface area contributed by atoms with Crippen LogP contribution in [0.4, 0.5) is 4.79 Å². The van der Waals surface area contributed by atoms with Gasteiger partial charge < -0.3 is 14.6 Å². The Balaban J connectivity index is 2.83. The number of carbonyl (C=O) groups excluding carboxylic acids is 1. The third kappa shape index (κ3) is 5.00. The number of aliphatic hydroxyl groups is 1. The minimum absolute atomic E-state index is 0.0745. The fraction of sp³-hybridized carbons (Fsp3) is 0.812. The summed E-state index contributed by atoms with van der Waals surface area (Å²) in [5, 5.41) is 9.44. The zero-order chi connectivity index (χ0) is 16.3. The van der Waals surface area contributed by atoms with Gasteiger partial charge in [0.1, 0.15) is 11.3 Å². The third-order valence-electron chi connectivity index (χ3n) is 3.53. The van der Waals surface area contributed by atoms with E-state index in [4.69, 9.17) is 9.47 Å². The summed E-state index contributed by atoms with van der Waals surface area (Å²) >= 11 is 0. The molecular formula is C16H29NO4. The molecule has 0 aromatic carbocycles. The summed E-state index contributed by atoms with van der Waals surface area (Å²) in [5.41, 5.74) is -1.24. The van der Waals surface area contributed by atoms with Gasteiger partial charge in [-0.2, -0.15) is 0 Å². The Labute approximate surface area is 127 Å². The first-order valence-electron chi connectivity index (χ1n) is 7.48. The minimum Gasteiger partial charge on any atom is -0.444 e. The lowest BCUT2D eigenvalue weighted by Crippen LogP contribution is -2.50. The number of allylic oxidation sites excluding steroid dienone is 1. The Morgan fingerprint density at radius 3 is 2.67 bits per heavy atom. The molecule has 1 saturated heterocycles. The zero-order valence-corrected chi connectivity index (χ0v) is 13.9. The molecule has 1 aliphatic rings. The number of aliphatic hydroxyl groups excluding tert-OH is 1. The van der Waals surface area contributed by atoms with E-state index in [1.807, 2.05) is 34.6 Å². The number of hydrogen-bond donors (Lipinski definition) is 1. The van der Waals surface area contributed by atoms with Crippen molar-refractivity contribution in [2.24, 2.45) is 5.92 Å². The van der Waals surface area contributed by atoms with Crippen LogP contribution in [-0.4, -0.2) is 46.7 Å². The molecular weight excluding hydrogens is 270 g/mol. The fourth-order valence-corrected chi connectivity index (χ4v) is 2.60. The molecule has 1 heterocycles. The number of amides is 1. The van der Waals surface area contributed by atoms with Crippen molar-refractivity contribution in [3.8, 4) is 0 Å². The van der Waals surface area contributed by atoms with Crippen LogP contribution in [0.25, 0.3) is 0 Å². The minimum atomic E-state index is -0.693. The maximum Gasteiger partial charge on any atom is 0.412 e. The topological polar surface area (TPSA) is 59.0 Å². The first-order chi connectivity index (χ1) is 9.60. The Morgan fingerprint density at radius 2 is 2.19 bits per heavy atom. The normalized spacial score (nSPS) is 23.0. The van der Waals surface area contributed by atoms with Gasteiger partial charge in [-0.3, -0.25) is 4.90 Å². The summed E-state index contributed by atoms with van der Waals surface area (Å²) < 4.78 is 11.2. The lowest BCUT2D eigenvalue weighted by Gasteiger charge is -2.35. The van der Waals surface area contributed by atoms with Gasteiger partial charge in [0.25, 0.3) is 0 Å². The van der Waals surface area contributed by atoms with Crippen LogP contribution >= 0.6 is 0 Å². The predicted molar refractivity (Wildman–Crippen MR) is 81.9 cm³/mol. The van der Waals surface area contributed by atoms with Gasteiger partial charge in [0.05, 0.1) is 12.6 Å². The van der Waals surface area contributed by atoms with Crippen LogP contribution < -0.4 is 0 Å². The summed E-state index contributed by atoms with van der Waals surface area (Å²) in [7, 11) is 0. The van der Waals surface area contributed by atoms with Crippen LogP contribution in [0.5, 0.6) is 0 Å². The molecule has 1 rings (SSSR count). The second kappa shape index (κ2) is 6.79. The highest BCUT2D eigenvalue weighted by Gasteiger charge is 2.45. The first-order valence-corrected chi connectivity index (χ1v) is 7.48. The van der Waals surface area contributed by atoms with E-state index in [2.05, 4.69) is 6.58 Å². The van der Waals surface area contributed by atoms with Crippen molar-refractivity contribution < 1.29 is 19.4 Å². The Kier molecular flexibility index (Phi) is 5.82. The van der Waals surface area contributed by atoms with E-state index in [1.165, 1.54) is 0 Å². The van der Waals surface area contributed by atoms with Crippen LogP contribution in [0.1, 0.15) is 47.5 Å². The van der Waals surface area contributed by atoms with Gasteiger partial charge in [-0.05, 0) is 53.4 Å². The highest BCUT2D eigenvalue weighted by molar-refractivity contribution is 5.69. The fourth-order valence-electron chi connectivity index (χ4n) is 2.60. The summed E-state index contributed by atoms with van der Waals surface area (Å²) in [5.74, 6) is 0.0786. The molecule has 0 bridgehead atoms. The molecule has 0 aromatic heterocycles. The van der Waals surface area contributed by atoms with Crippen molar-refractivity contribution in [2.75, 3.05) is 13.2 Å². The van der Waals surface area contributed by atoms with Crippen LogP contribution in [0, 0.1) is 5.92 Å². The SMILES string of the molecule is C=CC[C@@H](CO)C[C@H]1COC(C)(C)N1C(=O)OC(C)(C)C. The van der Waals surface area contributed by atoms with E-state index in [0.717, 1.165) is 6.42 Å². The van der Waals surface area contributed by atoms with E-state index in [0.29, 0.717) is 13.0 Å². The van der Waals surface area contributed by atoms with Gasteiger partial charge in [-0.15, -0.1) is 6.58 Å². The van der Waals surface area contributed by atoms with Gasteiger partial charge in [-0.25, -0.2) is 4.79 Å². The maximum atomic E-state index is 12.5. The summed E-state index contributed by atoms with van der Waals surface area (Å²) in [6.07, 6.45) is 2.81. The van der Waals surface area contributed by atoms with Crippen molar-refractivity contribution >= 4 is 6.09 Å². The van der Waals surface area contributed by atoms with Gasteiger partial charge >= 0.3 is 6.09 Å². The van der Waals surface area contributed by atoms with E-state index in [9.17, 15) is 9.90 Å². The Hall–Kier alpha value is -1.07. The van der Waals surface area contributed by atoms with Crippen molar-refractivity contribution in [1.82, 2.24) is 4.90 Å². The van der Waals surface area contributed by atoms with Crippen LogP contribution in [0.3, 0.4) is 0 Å². The van der Waals surface area contributed by atoms with Crippen LogP contribution in [-0.2, 0) is 9.47 Å². The lowest BCUT2D eigenvalue weighted by atomic mass is 9.97. The predicted octanol–water partition coefficient (Wildman–Crippen LogP) is 2.93. The molecule has 5 nitrogen and oxygen atoms in total. The van der Waals surface area contributed by atoms with Crippen LogP contribution in [0.2, 0.25) is 0 Å². The molecule has 1 N–H and O–H groups in total. The molecule has 1 amide bonds. The van der Waals surface area contributed by atoms with Gasteiger partial charge in [-0.1, -0.05) is 6.08 Å². The Morgan fingerprint density at radius 1 is 1.57 bits per heavy atom. The van der Waals surface area contributed by atoms with E-state index < -0.39 is 11.3 Å². The van der Waals surface area contributed by atoms with Crippen molar-refractivity contribution in [3.05, 3.63) is 12.7 Å². The zero-order valence-electron chi connectivity index (χ0n) is 13.9. The maximum absolute atomic E-state index is 12.5. The van der Waals surface area contributed by atoms with Gasteiger partial charge in [0, 0.05) is 6.61 Å². The molecule has 21 heavy (non-hydrogen) atoms. The average molecular weight is 299 g/mol. The van der Waals surface area contributed by atoms with E-state index >= 15 is 0 Å². The number of rotatable bonds is 5. The average Bonchev–Trinajstić information content (AvgIpc) is 2.61. The van der Waals surface area contributed by atoms with Crippen molar-refractivity contribution in [3.63, 3.8) is 0 Å². The second-order valence-corrected chi connectivity index (χ2v) is 7.07. The molecule has 0 aromatic rings. The molecule has 122 valence electrons. The monoisotopic (exact) mass is 299 g/mol. The van der Waals surface area contributed by atoms with Crippen LogP contribution in [0.15, 0.2) is 12.7 Å². The van der Waals surface area contributed by atoms with E-state index in [1.54, 1.807) is 11.0 Å². The molecule has 0 aliphatic carbocycles. The van der Waals surface area contributed by atoms with Gasteiger partial charge in [0.15, 0.2) is 0 Å². The second-order valence-electron chi connectivity index (χ2n) is 7.07. The summed E-state index contributed by atoms with van der Waals surface area (Å²) in [6, 6.07) is -0.0908. The highest BCUT2D eigenvalue weighted by Crippen LogP contribution is 2.32. The molecule has 5 heteroatoms. The molecule has 0 radical (unpaired) electrons. The quantitative estimate of drug-likeness (QED) is 0.793. The summed E-state index contributed by atoms with van der Waals surface area (Å²) in [4.78, 5) is 14.1. The van der Waals surface area contributed by atoms with Crippen molar-refractivity contribution in [2.45, 2.75) is 64.8 Å². The number of nitrogens with zero attached hydrogens (tertiary/aromatic N) is 1. The largest absolute Gasteiger partial charge is 0.444 e. The van der Waals surface area contributed by atoms with E-state index in [-0.39, 0.29) is 24.7 Å². The molecule has 0 unspecified atom stereocenters. The van der Waals surface area contributed by atoms with Crippen molar-refractivity contribution in [1.29, 1.82) is 0 Å². The Bertz CT molecular complexity index is 373. The van der Waals surface area contributed by atoms with Gasteiger partial charge in [0.2, 0.25) is 0 Å². The number of ether oxygens (including phenoxy) is 2. The molecule has 0 spiro atoms. The highest BCUT2D eigenvalue weighted by atomic mass is 16.6. The molecule has 2 atom stereocenters. The summed E-state index contributed by atoms with van der Waals surface area (Å²) in [6.45, 7) is 13.5. The number of carbonyl (C=O) groups is 1. The molecule has 1 fully saturated rings. The lowest BCUT2D eigenvalue weighted by molar-refractivity contribution is -0.0633.